The standard InChI is InChI=1S/C17H20N6S/c1-12-16(24-11-21-12)10-23-6-3-4-15(23)13-8-20-14(9-19-13)17-18-5-7-22(17)2/h5,7-9,11,15H,3-4,6,10H2,1-2H3. The predicted molar refractivity (Wildman–Crippen MR) is 93.5 cm³/mol. The molecule has 124 valence electrons. The zero-order valence-corrected chi connectivity index (χ0v) is 14.7. The molecule has 1 aliphatic heterocycles. The van der Waals surface area contributed by atoms with Crippen LogP contribution in [-0.4, -0.2) is 35.9 Å². The topological polar surface area (TPSA) is 59.7 Å². The number of thiazole rings is 1. The van der Waals surface area contributed by atoms with Crippen LogP contribution in [0.4, 0.5) is 0 Å². The first-order chi connectivity index (χ1) is 11.7. The molecule has 0 N–H and O–H groups in total. The minimum Gasteiger partial charge on any atom is -0.333 e. The van der Waals surface area contributed by atoms with Gasteiger partial charge in [0.2, 0.25) is 0 Å². The van der Waals surface area contributed by atoms with Crippen molar-refractivity contribution in [1.29, 1.82) is 0 Å². The minimum atomic E-state index is 0.342. The van der Waals surface area contributed by atoms with Crippen molar-refractivity contribution in [2.24, 2.45) is 7.05 Å². The second-order valence-electron chi connectivity index (χ2n) is 6.18. The Labute approximate surface area is 145 Å². The third-order valence-corrected chi connectivity index (χ3v) is 5.54. The van der Waals surface area contributed by atoms with Crippen molar-refractivity contribution in [3.8, 4) is 11.5 Å². The average molecular weight is 340 g/mol. The first kappa shape index (κ1) is 15.4. The molecular weight excluding hydrogens is 320 g/mol. The van der Waals surface area contributed by atoms with Gasteiger partial charge in [0.25, 0.3) is 0 Å². The van der Waals surface area contributed by atoms with Gasteiger partial charge in [-0.15, -0.1) is 11.3 Å². The summed E-state index contributed by atoms with van der Waals surface area (Å²) in [4.78, 5) is 21.8. The maximum Gasteiger partial charge on any atom is 0.159 e. The SMILES string of the molecule is Cc1ncsc1CN1CCCC1c1cnc(-c2nccn2C)cn1. The fourth-order valence-electron chi connectivity index (χ4n) is 3.25. The Kier molecular flexibility index (Phi) is 4.12. The highest BCUT2D eigenvalue weighted by Gasteiger charge is 2.28. The molecule has 1 aliphatic rings. The van der Waals surface area contributed by atoms with E-state index in [2.05, 4.69) is 26.8 Å². The number of imidazole rings is 1. The molecule has 0 spiro atoms. The van der Waals surface area contributed by atoms with Crippen LogP contribution in [0.2, 0.25) is 0 Å². The Balaban J connectivity index is 1.54. The molecule has 0 aromatic carbocycles. The monoisotopic (exact) mass is 340 g/mol. The zero-order chi connectivity index (χ0) is 16.5. The highest BCUT2D eigenvalue weighted by Crippen LogP contribution is 2.33. The highest BCUT2D eigenvalue weighted by atomic mass is 32.1. The summed E-state index contributed by atoms with van der Waals surface area (Å²) >= 11 is 1.74. The summed E-state index contributed by atoms with van der Waals surface area (Å²) in [6.45, 7) is 4.13. The van der Waals surface area contributed by atoms with Crippen LogP contribution in [0.25, 0.3) is 11.5 Å². The van der Waals surface area contributed by atoms with E-state index in [1.807, 2.05) is 35.7 Å². The normalized spacial score (nSPS) is 18.3. The number of aryl methyl sites for hydroxylation is 2. The van der Waals surface area contributed by atoms with Crippen LogP contribution in [0.3, 0.4) is 0 Å². The number of rotatable bonds is 4. The maximum atomic E-state index is 4.69. The number of hydrogen-bond acceptors (Lipinski definition) is 6. The molecule has 4 rings (SSSR count). The van der Waals surface area contributed by atoms with Crippen molar-refractivity contribution < 1.29 is 0 Å². The van der Waals surface area contributed by atoms with E-state index >= 15 is 0 Å². The second-order valence-corrected chi connectivity index (χ2v) is 7.12. The van der Waals surface area contributed by atoms with E-state index in [1.165, 1.54) is 11.3 Å². The predicted octanol–water partition coefficient (Wildman–Crippen LogP) is 2.98. The molecule has 0 bridgehead atoms. The lowest BCUT2D eigenvalue weighted by Gasteiger charge is -2.23. The van der Waals surface area contributed by atoms with Crippen LogP contribution in [-0.2, 0) is 13.6 Å². The van der Waals surface area contributed by atoms with Crippen molar-refractivity contribution in [3.05, 3.63) is 46.6 Å². The molecule has 1 fully saturated rings. The molecule has 3 aromatic rings. The summed E-state index contributed by atoms with van der Waals surface area (Å²) in [5.74, 6) is 0.845. The Morgan fingerprint density at radius 2 is 2.12 bits per heavy atom. The molecule has 1 atom stereocenters. The number of nitrogens with zero attached hydrogens (tertiary/aromatic N) is 6. The Morgan fingerprint density at radius 1 is 1.21 bits per heavy atom. The summed E-state index contributed by atoms with van der Waals surface area (Å²) < 4.78 is 1.96. The lowest BCUT2D eigenvalue weighted by atomic mass is 10.1. The third kappa shape index (κ3) is 2.85. The summed E-state index contributed by atoms with van der Waals surface area (Å²) in [5, 5.41) is 0. The molecular formula is C17H20N6S. The Morgan fingerprint density at radius 3 is 2.79 bits per heavy atom. The van der Waals surface area contributed by atoms with Gasteiger partial charge >= 0.3 is 0 Å². The van der Waals surface area contributed by atoms with Gasteiger partial charge in [0.05, 0.1) is 35.3 Å². The Hall–Kier alpha value is -2.12. The van der Waals surface area contributed by atoms with Gasteiger partial charge in [0.1, 0.15) is 5.69 Å². The van der Waals surface area contributed by atoms with E-state index in [9.17, 15) is 0 Å². The molecule has 1 unspecified atom stereocenters. The molecule has 0 aliphatic carbocycles. The number of aromatic nitrogens is 5. The fraction of sp³-hybridized carbons (Fsp3) is 0.412. The second kappa shape index (κ2) is 6.41. The third-order valence-electron chi connectivity index (χ3n) is 4.62. The molecule has 24 heavy (non-hydrogen) atoms. The lowest BCUT2D eigenvalue weighted by Crippen LogP contribution is -2.23. The molecule has 0 amide bonds. The summed E-state index contributed by atoms with van der Waals surface area (Å²) in [6.07, 6.45) is 9.78. The van der Waals surface area contributed by atoms with Crippen LogP contribution in [0.15, 0.2) is 30.3 Å². The number of likely N-dealkylation sites (tertiary alicyclic amines) is 1. The van der Waals surface area contributed by atoms with Crippen molar-refractivity contribution in [2.45, 2.75) is 32.4 Å². The molecule has 6 nitrogen and oxygen atoms in total. The van der Waals surface area contributed by atoms with Gasteiger partial charge in [-0.25, -0.2) is 15.0 Å². The molecule has 4 heterocycles. The molecule has 1 saturated heterocycles. The van der Waals surface area contributed by atoms with Gasteiger partial charge in [0.15, 0.2) is 5.82 Å². The van der Waals surface area contributed by atoms with E-state index in [0.29, 0.717) is 6.04 Å². The van der Waals surface area contributed by atoms with E-state index in [1.54, 1.807) is 17.5 Å². The summed E-state index contributed by atoms with van der Waals surface area (Å²) in [5.41, 5.74) is 4.93. The van der Waals surface area contributed by atoms with Gasteiger partial charge in [0, 0.05) is 30.9 Å². The molecule has 7 heteroatoms. The smallest absolute Gasteiger partial charge is 0.159 e. The van der Waals surface area contributed by atoms with Crippen LogP contribution in [0, 0.1) is 6.92 Å². The largest absolute Gasteiger partial charge is 0.333 e. The highest BCUT2D eigenvalue weighted by molar-refractivity contribution is 7.09. The van der Waals surface area contributed by atoms with E-state index in [0.717, 1.165) is 42.4 Å². The minimum absolute atomic E-state index is 0.342. The maximum absolute atomic E-state index is 4.69. The van der Waals surface area contributed by atoms with Crippen LogP contribution < -0.4 is 0 Å². The molecule has 0 saturated carbocycles. The van der Waals surface area contributed by atoms with E-state index < -0.39 is 0 Å². The summed E-state index contributed by atoms with van der Waals surface area (Å²) in [6, 6.07) is 0.342. The van der Waals surface area contributed by atoms with Gasteiger partial charge in [-0.05, 0) is 26.3 Å². The quantitative estimate of drug-likeness (QED) is 0.731. The van der Waals surface area contributed by atoms with Gasteiger partial charge in [-0.3, -0.25) is 9.88 Å². The Bertz CT molecular complexity index is 822. The first-order valence-corrected chi connectivity index (χ1v) is 9.03. The number of hydrogen-bond donors (Lipinski definition) is 0. The van der Waals surface area contributed by atoms with Gasteiger partial charge in [-0.2, -0.15) is 0 Å². The van der Waals surface area contributed by atoms with Gasteiger partial charge < -0.3 is 4.57 Å². The van der Waals surface area contributed by atoms with Gasteiger partial charge in [-0.1, -0.05) is 0 Å². The van der Waals surface area contributed by atoms with E-state index in [-0.39, 0.29) is 0 Å². The average Bonchev–Trinajstić information content (AvgIpc) is 3.31. The van der Waals surface area contributed by atoms with Crippen LogP contribution >= 0.6 is 11.3 Å². The fourth-order valence-corrected chi connectivity index (χ4v) is 4.05. The van der Waals surface area contributed by atoms with Crippen molar-refractivity contribution in [1.82, 2.24) is 29.4 Å². The van der Waals surface area contributed by atoms with Crippen molar-refractivity contribution in [3.63, 3.8) is 0 Å². The summed E-state index contributed by atoms with van der Waals surface area (Å²) in [7, 11) is 1.97. The van der Waals surface area contributed by atoms with Crippen LogP contribution in [0.5, 0.6) is 0 Å². The van der Waals surface area contributed by atoms with Crippen molar-refractivity contribution >= 4 is 11.3 Å². The zero-order valence-electron chi connectivity index (χ0n) is 13.9. The lowest BCUT2D eigenvalue weighted by molar-refractivity contribution is 0.245. The molecule has 0 radical (unpaired) electrons. The van der Waals surface area contributed by atoms with E-state index in [4.69, 9.17) is 4.98 Å². The van der Waals surface area contributed by atoms with Crippen LogP contribution in [0.1, 0.15) is 35.1 Å². The van der Waals surface area contributed by atoms with Crippen molar-refractivity contribution in [2.75, 3.05) is 6.54 Å². The molecule has 3 aromatic heterocycles. The first-order valence-electron chi connectivity index (χ1n) is 8.15.